The van der Waals surface area contributed by atoms with Gasteiger partial charge in [0.25, 0.3) is 0 Å². The Hall–Kier alpha value is -7.27. The molecule has 0 unspecified atom stereocenters. The van der Waals surface area contributed by atoms with Crippen LogP contribution < -0.4 is 65.5 Å². The molecule has 3 rings (SSSR count). The highest BCUT2D eigenvalue weighted by molar-refractivity contribution is 5.97. The van der Waals surface area contributed by atoms with Gasteiger partial charge in [-0.1, -0.05) is 6.42 Å². The number of likely N-dealkylation sites (tertiary alicyclic amines) is 2. The van der Waals surface area contributed by atoms with Crippen molar-refractivity contribution in [1.82, 2.24) is 62.3 Å². The fourth-order valence-electron chi connectivity index (χ4n) is 7.84. The van der Waals surface area contributed by atoms with Gasteiger partial charge in [-0.15, -0.1) is 0 Å². The van der Waals surface area contributed by atoms with Crippen LogP contribution >= 0.6 is 0 Å². The number of imidazole rings is 1. The number of nitrogens with two attached hydrogens (primary N) is 4. The summed E-state index contributed by atoms with van der Waals surface area (Å²) in [5.41, 5.74) is 22.8. The van der Waals surface area contributed by atoms with Crippen LogP contribution in [-0.2, 0) is 64.0 Å². The summed E-state index contributed by atoms with van der Waals surface area (Å²) in [6, 6.07) is -6.80. The molecule has 2 aliphatic heterocycles. The van der Waals surface area contributed by atoms with Crippen molar-refractivity contribution in [1.29, 1.82) is 0 Å². The number of aliphatic carboxylic acids is 1. The molecule has 18 N–H and O–H groups in total. The molecule has 0 spiro atoms. The summed E-state index contributed by atoms with van der Waals surface area (Å²) in [4.78, 5) is 163. The highest BCUT2D eigenvalue weighted by Gasteiger charge is 2.39. The Morgan fingerprint density at radius 2 is 1.22 bits per heavy atom. The number of carbonyl (C=O) groups is 12. The van der Waals surface area contributed by atoms with Crippen LogP contribution in [0.1, 0.15) is 82.7 Å². The van der Waals surface area contributed by atoms with Gasteiger partial charge in [0.1, 0.15) is 36.8 Å². The van der Waals surface area contributed by atoms with Crippen LogP contribution in [0.3, 0.4) is 0 Å². The number of primary amides is 1. The standard InChI is InChI=1S/C43H70N16O13/c44-13-3-1-7-26(46)38(67)51-21-35(63)55-29(17-25-18-48-24-54-25)43(72)59-16-6-9-30(59)41(70)53-20-33(61)49-22-36(64)58-15-5-10-31(58)42(71)57-28(11-12-32(47)60)40(69)56-27(8-2-4-14-45)39(68)52-19-34(62)50-23-37(65)66/h18,24,26-31H,1-17,19-23,44-46H2,(H2,47,60)(H,48,54)(H,49,61)(H,50,62)(H,51,67)(H,52,68)(H,53,70)(H,55,63)(H,56,69)(H,57,71)(H,65,66)/t26-,27-,28-,29-,30-,31-/m0/s1. The van der Waals surface area contributed by atoms with Gasteiger partial charge in [-0.25, -0.2) is 4.98 Å². The number of hydrogen-bond acceptors (Lipinski definition) is 16. The quantitative estimate of drug-likeness (QED) is 0.0298. The van der Waals surface area contributed by atoms with Crippen molar-refractivity contribution in [3.63, 3.8) is 0 Å². The maximum Gasteiger partial charge on any atom is 0.322 e. The summed E-state index contributed by atoms with van der Waals surface area (Å²) in [5.74, 6) is -9.28. The first-order valence-electron chi connectivity index (χ1n) is 23.8. The third kappa shape index (κ3) is 20.6. The monoisotopic (exact) mass is 1020 g/mol. The zero-order valence-corrected chi connectivity index (χ0v) is 40.2. The lowest BCUT2D eigenvalue weighted by Gasteiger charge is -2.28. The second-order valence-electron chi connectivity index (χ2n) is 17.2. The number of hydrogen-bond donors (Lipinski definition) is 14. The van der Waals surface area contributed by atoms with Crippen molar-refractivity contribution in [3.8, 4) is 0 Å². The summed E-state index contributed by atoms with van der Waals surface area (Å²) in [6.07, 6.45) is 6.05. The number of aromatic nitrogens is 2. The number of aromatic amines is 1. The Bertz CT molecular complexity index is 2060. The van der Waals surface area contributed by atoms with E-state index in [1.165, 1.54) is 22.3 Å². The normalized spacial score (nSPS) is 16.8. The topological polar surface area (TPSA) is 461 Å². The average molecular weight is 1020 g/mol. The fourth-order valence-corrected chi connectivity index (χ4v) is 7.84. The van der Waals surface area contributed by atoms with Crippen LogP contribution in [0.25, 0.3) is 0 Å². The largest absolute Gasteiger partial charge is 0.480 e. The Morgan fingerprint density at radius 3 is 1.85 bits per heavy atom. The van der Waals surface area contributed by atoms with E-state index in [0.29, 0.717) is 57.2 Å². The van der Waals surface area contributed by atoms with E-state index in [1.54, 1.807) is 0 Å². The summed E-state index contributed by atoms with van der Waals surface area (Å²) in [7, 11) is 0. The zero-order valence-electron chi connectivity index (χ0n) is 40.2. The first-order valence-corrected chi connectivity index (χ1v) is 23.8. The van der Waals surface area contributed by atoms with Crippen molar-refractivity contribution in [2.75, 3.05) is 58.9 Å². The molecule has 400 valence electrons. The van der Waals surface area contributed by atoms with Crippen molar-refractivity contribution >= 4 is 70.9 Å². The molecular weight excluding hydrogens is 949 g/mol. The molecule has 0 radical (unpaired) electrons. The Morgan fingerprint density at radius 1 is 0.639 bits per heavy atom. The molecule has 11 amide bonds. The smallest absolute Gasteiger partial charge is 0.322 e. The maximum absolute atomic E-state index is 13.9. The van der Waals surface area contributed by atoms with Crippen LogP contribution in [0.4, 0.5) is 0 Å². The third-order valence-corrected chi connectivity index (χ3v) is 11.7. The van der Waals surface area contributed by atoms with Crippen molar-refractivity contribution in [3.05, 3.63) is 18.2 Å². The Balaban J connectivity index is 1.57. The van der Waals surface area contributed by atoms with Crippen molar-refractivity contribution in [2.24, 2.45) is 22.9 Å². The van der Waals surface area contributed by atoms with E-state index in [-0.39, 0.29) is 58.2 Å². The number of amides is 11. The minimum atomic E-state index is -1.41. The molecule has 0 aliphatic carbocycles. The molecule has 2 aliphatic rings. The summed E-state index contributed by atoms with van der Waals surface area (Å²) in [6.45, 7) is -1.93. The number of H-pyrrole nitrogens is 1. The predicted molar refractivity (Wildman–Crippen MR) is 252 cm³/mol. The molecule has 0 bridgehead atoms. The molecule has 3 heterocycles. The summed E-state index contributed by atoms with van der Waals surface area (Å²) >= 11 is 0. The number of carbonyl (C=O) groups excluding carboxylic acids is 11. The van der Waals surface area contributed by atoms with Crippen LogP contribution in [0.5, 0.6) is 0 Å². The highest BCUT2D eigenvalue weighted by atomic mass is 16.4. The predicted octanol–water partition coefficient (Wildman–Crippen LogP) is -7.10. The average Bonchev–Trinajstić information content (AvgIpc) is 4.17. The molecule has 72 heavy (non-hydrogen) atoms. The van der Waals surface area contributed by atoms with Gasteiger partial charge in [0.15, 0.2) is 0 Å². The van der Waals surface area contributed by atoms with Gasteiger partial charge in [-0.2, -0.15) is 0 Å². The lowest BCUT2D eigenvalue weighted by atomic mass is 10.1. The van der Waals surface area contributed by atoms with Crippen LogP contribution in [-0.4, -0.2) is 191 Å². The summed E-state index contributed by atoms with van der Waals surface area (Å²) in [5, 5.41) is 28.2. The van der Waals surface area contributed by atoms with E-state index in [4.69, 9.17) is 28.0 Å². The highest BCUT2D eigenvalue weighted by Crippen LogP contribution is 2.20. The molecular formula is C43H70N16O13. The number of rotatable bonds is 32. The van der Waals surface area contributed by atoms with Gasteiger partial charge < -0.3 is 85.4 Å². The second-order valence-corrected chi connectivity index (χ2v) is 17.2. The van der Waals surface area contributed by atoms with E-state index >= 15 is 0 Å². The van der Waals surface area contributed by atoms with Gasteiger partial charge in [-0.05, 0) is 77.3 Å². The van der Waals surface area contributed by atoms with E-state index in [2.05, 4.69) is 52.5 Å². The van der Waals surface area contributed by atoms with Crippen LogP contribution in [0.15, 0.2) is 12.5 Å². The van der Waals surface area contributed by atoms with Crippen LogP contribution in [0.2, 0.25) is 0 Å². The second kappa shape index (κ2) is 31.1. The molecule has 6 atom stereocenters. The molecule has 1 aromatic rings. The molecule has 0 aromatic carbocycles. The van der Waals surface area contributed by atoms with Crippen LogP contribution in [0, 0.1) is 0 Å². The number of carboxylic acid groups (broad SMARTS) is 1. The number of nitrogens with one attached hydrogen (secondary N) is 9. The zero-order chi connectivity index (χ0) is 53.2. The molecule has 29 heteroatoms. The molecule has 0 saturated carbocycles. The molecule has 2 saturated heterocycles. The van der Waals surface area contributed by atoms with Gasteiger partial charge >= 0.3 is 5.97 Å². The van der Waals surface area contributed by atoms with Crippen molar-refractivity contribution < 1.29 is 62.6 Å². The first kappa shape index (κ1) is 59.0. The van der Waals surface area contributed by atoms with E-state index in [9.17, 15) is 57.5 Å². The minimum absolute atomic E-state index is 0.0484. The number of unbranched alkanes of at least 4 members (excludes halogenated alkanes) is 2. The lowest BCUT2D eigenvalue weighted by molar-refractivity contribution is -0.141. The molecule has 29 nitrogen and oxygen atoms in total. The first-order chi connectivity index (χ1) is 34.3. The molecule has 1 aromatic heterocycles. The SMILES string of the molecule is NCCCC[C@H](NC(=O)[C@H](CCC(N)=O)NC(=O)[C@@H]1CCCN1C(=O)CNC(=O)CNC(=O)[C@@H]1CCCN1C(=O)[C@H](Cc1c[nH]cn1)NC(=O)CNC(=O)[C@@H](N)CCCCN)C(=O)NCC(=O)NCC(=O)O. The van der Waals surface area contributed by atoms with Gasteiger partial charge in [0, 0.05) is 32.1 Å². The van der Waals surface area contributed by atoms with E-state index < -0.39 is 140 Å². The summed E-state index contributed by atoms with van der Waals surface area (Å²) < 4.78 is 0. The number of carboxylic acids is 1. The molecule has 2 fully saturated rings. The lowest BCUT2D eigenvalue weighted by Crippen LogP contribution is -2.57. The van der Waals surface area contributed by atoms with Gasteiger partial charge in [0.05, 0.1) is 44.2 Å². The Labute approximate surface area is 414 Å². The van der Waals surface area contributed by atoms with Gasteiger partial charge in [0.2, 0.25) is 65.0 Å². The van der Waals surface area contributed by atoms with Crippen molar-refractivity contribution in [2.45, 2.75) is 120 Å². The number of nitrogens with zero attached hydrogens (tertiary/aromatic N) is 3. The van der Waals surface area contributed by atoms with E-state index in [1.807, 2.05) is 0 Å². The third-order valence-electron chi connectivity index (χ3n) is 11.7. The fraction of sp³-hybridized carbons (Fsp3) is 0.651. The minimum Gasteiger partial charge on any atom is -0.480 e. The Kier molecular flexibility index (Phi) is 25.5. The maximum atomic E-state index is 13.9. The van der Waals surface area contributed by atoms with Gasteiger partial charge in [-0.3, -0.25) is 57.5 Å². The van der Waals surface area contributed by atoms with E-state index in [0.717, 1.165) is 0 Å².